The van der Waals surface area contributed by atoms with Gasteiger partial charge in [-0.05, 0) is 43.9 Å². The molecule has 1 atom stereocenters. The van der Waals surface area contributed by atoms with Gasteiger partial charge in [-0.2, -0.15) is 0 Å². The third-order valence-corrected chi connectivity index (χ3v) is 4.77. The van der Waals surface area contributed by atoms with Gasteiger partial charge in [0.05, 0.1) is 10.2 Å². The van der Waals surface area contributed by atoms with Crippen LogP contribution in [0.25, 0.3) is 10.2 Å². The lowest BCUT2D eigenvalue weighted by atomic mass is 10.1. The van der Waals surface area contributed by atoms with Gasteiger partial charge >= 0.3 is 0 Å². The van der Waals surface area contributed by atoms with Gasteiger partial charge in [0.2, 0.25) is 0 Å². The first-order valence-corrected chi connectivity index (χ1v) is 7.63. The summed E-state index contributed by atoms with van der Waals surface area (Å²) in [6.07, 6.45) is 4.35. The molecule has 0 radical (unpaired) electrons. The number of aromatic nitrogens is 1. The molecule has 1 aliphatic rings. The fraction of sp³-hybridized carbons (Fsp3) is 0.500. The van der Waals surface area contributed by atoms with Crippen molar-refractivity contribution < 1.29 is 5.11 Å². The second kappa shape index (κ2) is 5.35. The largest absolute Gasteiger partial charge is 0.399 e. The Morgan fingerprint density at radius 2 is 2.37 bits per heavy atom. The van der Waals surface area contributed by atoms with Crippen LogP contribution in [0.4, 0.5) is 10.8 Å². The van der Waals surface area contributed by atoms with Crippen LogP contribution < -0.4 is 10.6 Å². The zero-order valence-corrected chi connectivity index (χ0v) is 11.7. The maximum absolute atomic E-state index is 8.98. The molecule has 1 aliphatic heterocycles. The lowest BCUT2D eigenvalue weighted by molar-refractivity contribution is 0.279. The predicted molar refractivity (Wildman–Crippen MR) is 80.7 cm³/mol. The molecule has 3 N–H and O–H groups in total. The average molecular weight is 277 g/mol. The van der Waals surface area contributed by atoms with Crippen LogP contribution in [0.15, 0.2) is 18.2 Å². The third kappa shape index (κ3) is 2.53. The van der Waals surface area contributed by atoms with Gasteiger partial charge < -0.3 is 15.7 Å². The van der Waals surface area contributed by atoms with E-state index in [1.807, 2.05) is 18.2 Å². The van der Waals surface area contributed by atoms with E-state index in [9.17, 15) is 0 Å². The van der Waals surface area contributed by atoms with Crippen molar-refractivity contribution in [2.45, 2.75) is 31.7 Å². The van der Waals surface area contributed by atoms with Crippen LogP contribution in [-0.2, 0) is 0 Å². The molecule has 0 spiro atoms. The Kier molecular flexibility index (Phi) is 3.57. The summed E-state index contributed by atoms with van der Waals surface area (Å²) < 4.78 is 1.16. The maximum Gasteiger partial charge on any atom is 0.186 e. The summed E-state index contributed by atoms with van der Waals surface area (Å²) in [6.45, 7) is 1.35. The van der Waals surface area contributed by atoms with Gasteiger partial charge in [0.1, 0.15) is 0 Å². The number of rotatable bonds is 4. The second-order valence-corrected chi connectivity index (χ2v) is 6.09. The molecule has 0 aliphatic carbocycles. The molecular weight excluding hydrogens is 258 g/mol. The number of nitrogens with two attached hydrogens (primary N) is 1. The molecule has 0 amide bonds. The van der Waals surface area contributed by atoms with E-state index in [0.717, 1.165) is 40.4 Å². The highest BCUT2D eigenvalue weighted by molar-refractivity contribution is 7.22. The van der Waals surface area contributed by atoms with E-state index in [0.29, 0.717) is 6.04 Å². The summed E-state index contributed by atoms with van der Waals surface area (Å²) >= 11 is 1.72. The molecular formula is C14H19N3OS. The van der Waals surface area contributed by atoms with Crippen molar-refractivity contribution in [3.63, 3.8) is 0 Å². The Balaban J connectivity index is 1.86. The van der Waals surface area contributed by atoms with Gasteiger partial charge in [0, 0.05) is 24.9 Å². The van der Waals surface area contributed by atoms with E-state index in [1.54, 1.807) is 11.3 Å². The molecule has 102 valence electrons. The van der Waals surface area contributed by atoms with Crippen molar-refractivity contribution in [2.24, 2.45) is 0 Å². The molecule has 2 aromatic rings. The highest BCUT2D eigenvalue weighted by Gasteiger charge is 2.26. The Bertz CT molecular complexity index is 569. The molecule has 19 heavy (non-hydrogen) atoms. The standard InChI is InChI=1S/C14H19N3OS/c15-10-5-6-12-13(9-10)19-14(16-12)17-7-1-3-11(17)4-2-8-18/h5-6,9,11,18H,1-4,7-8,15H2. The maximum atomic E-state index is 8.98. The quantitative estimate of drug-likeness (QED) is 0.843. The number of nitrogen functional groups attached to an aromatic ring is 1. The van der Waals surface area contributed by atoms with Crippen molar-refractivity contribution in [3.8, 4) is 0 Å². The van der Waals surface area contributed by atoms with Crippen molar-refractivity contribution in [2.75, 3.05) is 23.8 Å². The molecule has 1 aromatic heterocycles. The van der Waals surface area contributed by atoms with Crippen LogP contribution >= 0.6 is 11.3 Å². The van der Waals surface area contributed by atoms with Crippen molar-refractivity contribution in [1.29, 1.82) is 0 Å². The summed E-state index contributed by atoms with van der Waals surface area (Å²) in [5, 5.41) is 10.1. The van der Waals surface area contributed by atoms with Gasteiger partial charge in [-0.1, -0.05) is 11.3 Å². The van der Waals surface area contributed by atoms with Crippen LogP contribution in [0.2, 0.25) is 0 Å². The van der Waals surface area contributed by atoms with Crippen LogP contribution in [0, 0.1) is 0 Å². The Labute approximate surface area is 116 Å². The molecule has 5 heteroatoms. The van der Waals surface area contributed by atoms with Crippen molar-refractivity contribution in [3.05, 3.63) is 18.2 Å². The lowest BCUT2D eigenvalue weighted by Crippen LogP contribution is -2.29. The molecule has 1 saturated heterocycles. The highest BCUT2D eigenvalue weighted by Crippen LogP contribution is 2.35. The number of anilines is 2. The van der Waals surface area contributed by atoms with E-state index in [4.69, 9.17) is 15.8 Å². The van der Waals surface area contributed by atoms with E-state index in [-0.39, 0.29) is 6.61 Å². The Morgan fingerprint density at radius 3 is 3.21 bits per heavy atom. The first-order valence-electron chi connectivity index (χ1n) is 6.81. The molecule has 1 fully saturated rings. The summed E-state index contributed by atoms with van der Waals surface area (Å²) in [5.41, 5.74) is 7.64. The van der Waals surface area contributed by atoms with E-state index < -0.39 is 0 Å². The summed E-state index contributed by atoms with van der Waals surface area (Å²) in [5.74, 6) is 0. The SMILES string of the molecule is Nc1ccc2nc(N3CCCC3CCCO)sc2c1. The predicted octanol–water partition coefficient (Wildman–Crippen LogP) is 2.62. The monoisotopic (exact) mass is 277 g/mol. The minimum Gasteiger partial charge on any atom is -0.399 e. The van der Waals surface area contributed by atoms with Gasteiger partial charge in [-0.25, -0.2) is 4.98 Å². The van der Waals surface area contributed by atoms with Crippen LogP contribution in [-0.4, -0.2) is 29.3 Å². The third-order valence-electron chi connectivity index (χ3n) is 3.72. The highest BCUT2D eigenvalue weighted by atomic mass is 32.1. The van der Waals surface area contributed by atoms with Gasteiger partial charge in [-0.15, -0.1) is 0 Å². The number of nitrogens with zero attached hydrogens (tertiary/aromatic N) is 2. The average Bonchev–Trinajstić information content (AvgIpc) is 3.01. The lowest BCUT2D eigenvalue weighted by Gasteiger charge is -2.23. The molecule has 3 rings (SSSR count). The topological polar surface area (TPSA) is 62.4 Å². The number of benzene rings is 1. The van der Waals surface area contributed by atoms with Gasteiger partial charge in [-0.3, -0.25) is 0 Å². The van der Waals surface area contributed by atoms with Crippen molar-refractivity contribution in [1.82, 2.24) is 4.98 Å². The first-order chi connectivity index (χ1) is 9.28. The van der Waals surface area contributed by atoms with Crippen molar-refractivity contribution >= 4 is 32.4 Å². The summed E-state index contributed by atoms with van der Waals surface area (Å²) in [7, 11) is 0. The minimum absolute atomic E-state index is 0.278. The smallest absolute Gasteiger partial charge is 0.186 e. The fourth-order valence-corrected chi connectivity index (χ4v) is 3.88. The van der Waals surface area contributed by atoms with Crippen LogP contribution in [0.3, 0.4) is 0 Å². The molecule has 4 nitrogen and oxygen atoms in total. The van der Waals surface area contributed by atoms with E-state index in [1.165, 1.54) is 12.8 Å². The van der Waals surface area contributed by atoms with Crippen LogP contribution in [0.1, 0.15) is 25.7 Å². The zero-order valence-electron chi connectivity index (χ0n) is 10.9. The van der Waals surface area contributed by atoms with Gasteiger partial charge in [0.15, 0.2) is 5.13 Å². The summed E-state index contributed by atoms with van der Waals surface area (Å²) in [6, 6.07) is 6.42. The number of hydrogen-bond donors (Lipinski definition) is 2. The molecule has 0 saturated carbocycles. The number of fused-ring (bicyclic) bond motifs is 1. The minimum atomic E-state index is 0.278. The first kappa shape index (κ1) is 12.7. The molecule has 1 unspecified atom stereocenters. The Morgan fingerprint density at radius 1 is 1.47 bits per heavy atom. The van der Waals surface area contributed by atoms with Crippen LogP contribution in [0.5, 0.6) is 0 Å². The zero-order chi connectivity index (χ0) is 13.2. The fourth-order valence-electron chi connectivity index (χ4n) is 2.77. The Hall–Kier alpha value is -1.33. The number of aliphatic hydroxyl groups excluding tert-OH is 1. The van der Waals surface area contributed by atoms with Gasteiger partial charge in [0.25, 0.3) is 0 Å². The molecule has 1 aromatic carbocycles. The molecule has 2 heterocycles. The van der Waals surface area contributed by atoms with E-state index in [2.05, 4.69) is 4.90 Å². The second-order valence-electron chi connectivity index (χ2n) is 5.08. The molecule has 0 bridgehead atoms. The summed E-state index contributed by atoms with van der Waals surface area (Å²) in [4.78, 5) is 7.12. The normalized spacial score (nSPS) is 19.4. The number of hydrogen-bond acceptors (Lipinski definition) is 5. The van der Waals surface area contributed by atoms with E-state index >= 15 is 0 Å². The number of thiazole rings is 1. The number of aliphatic hydroxyl groups is 1.